The van der Waals surface area contributed by atoms with Crippen LogP contribution in [0, 0.1) is 11.6 Å². The van der Waals surface area contributed by atoms with Crippen molar-refractivity contribution in [1.82, 2.24) is 14.0 Å². The molecule has 2 atom stereocenters. The van der Waals surface area contributed by atoms with Crippen LogP contribution in [0.5, 0.6) is 5.88 Å². The zero-order valence-corrected chi connectivity index (χ0v) is 21.0. The van der Waals surface area contributed by atoms with Gasteiger partial charge >= 0.3 is 5.69 Å². The van der Waals surface area contributed by atoms with Gasteiger partial charge in [0.15, 0.2) is 0 Å². The van der Waals surface area contributed by atoms with Gasteiger partial charge in [0.2, 0.25) is 5.88 Å². The van der Waals surface area contributed by atoms with Gasteiger partial charge in [-0.2, -0.15) is 0 Å². The van der Waals surface area contributed by atoms with E-state index in [1.807, 2.05) is 36.4 Å². The van der Waals surface area contributed by atoms with Crippen LogP contribution in [0.1, 0.15) is 29.9 Å². The van der Waals surface area contributed by atoms with Gasteiger partial charge < -0.3 is 14.9 Å². The Morgan fingerprint density at radius 2 is 1.68 bits per heavy atom. The van der Waals surface area contributed by atoms with E-state index in [9.17, 15) is 18.7 Å². The largest absolute Gasteiger partial charge is 0.493 e. The van der Waals surface area contributed by atoms with Crippen LogP contribution < -0.4 is 10.6 Å². The first-order valence-corrected chi connectivity index (χ1v) is 13.1. The Kier molecular flexibility index (Phi) is 6.49. The Balaban J connectivity index is 1.13. The molecule has 6 nitrogen and oxygen atoms in total. The van der Waals surface area contributed by atoms with Crippen LogP contribution >= 0.6 is 0 Å². The predicted octanol–water partition coefficient (Wildman–Crippen LogP) is 5.08. The number of piperidine rings is 1. The van der Waals surface area contributed by atoms with Crippen molar-refractivity contribution < 1.29 is 13.9 Å². The van der Waals surface area contributed by atoms with Crippen LogP contribution in [0.4, 0.5) is 20.2 Å². The number of halogens is 2. The van der Waals surface area contributed by atoms with E-state index in [2.05, 4.69) is 9.80 Å². The van der Waals surface area contributed by atoms with Crippen LogP contribution in [-0.2, 0) is 13.1 Å². The summed E-state index contributed by atoms with van der Waals surface area (Å²) in [7, 11) is 0. The van der Waals surface area contributed by atoms with E-state index in [0.29, 0.717) is 13.1 Å². The van der Waals surface area contributed by atoms with Gasteiger partial charge in [-0.1, -0.05) is 30.3 Å². The molecule has 8 heteroatoms. The number of likely N-dealkylation sites (tertiary alicyclic amines) is 1. The molecule has 196 valence electrons. The number of aromatic hydroxyl groups is 1. The maximum absolute atomic E-state index is 14.3. The second kappa shape index (κ2) is 10.1. The summed E-state index contributed by atoms with van der Waals surface area (Å²) in [5, 5.41) is 10.3. The first-order chi connectivity index (χ1) is 18.5. The fourth-order valence-electron chi connectivity index (χ4n) is 6.03. The standard InChI is InChI=1S/C30H30F2N4O2/c31-22-7-10-24(11-8-22)36-27-12-9-23(32)17-25(27)26-19-33(16-13-28(26)36)14-4-15-34-20-29(37)35(30(34)38)18-21-5-2-1-3-6-21/h1-3,5-12,17,20,26,28,37H,4,13-16,18-19H2/t26-,28+/m0/s1. The van der Waals surface area contributed by atoms with Gasteiger partial charge in [0.05, 0.1) is 12.7 Å². The smallest absolute Gasteiger partial charge is 0.331 e. The number of fused-ring (bicyclic) bond motifs is 3. The number of imidazole rings is 1. The summed E-state index contributed by atoms with van der Waals surface area (Å²) in [6.45, 7) is 3.29. The van der Waals surface area contributed by atoms with Crippen molar-refractivity contribution in [3.05, 3.63) is 112 Å². The third-order valence-corrected chi connectivity index (χ3v) is 7.83. The summed E-state index contributed by atoms with van der Waals surface area (Å²) in [5.41, 5.74) is 3.62. The Labute approximate surface area is 220 Å². The summed E-state index contributed by atoms with van der Waals surface area (Å²) in [5.74, 6) is -0.426. The van der Waals surface area contributed by atoms with Crippen LogP contribution in [0.15, 0.2) is 83.8 Å². The number of aryl methyl sites for hydroxylation is 1. The molecule has 4 aromatic rings. The van der Waals surface area contributed by atoms with E-state index in [4.69, 9.17) is 0 Å². The van der Waals surface area contributed by atoms with Crippen molar-refractivity contribution in [3.8, 4) is 5.88 Å². The molecule has 0 radical (unpaired) electrons. The molecule has 0 aliphatic carbocycles. The van der Waals surface area contributed by atoms with Gasteiger partial charge in [0, 0.05) is 43.0 Å². The maximum Gasteiger partial charge on any atom is 0.331 e. The van der Waals surface area contributed by atoms with Gasteiger partial charge in [0.25, 0.3) is 0 Å². The van der Waals surface area contributed by atoms with Gasteiger partial charge in [0.1, 0.15) is 11.6 Å². The Bertz CT molecular complexity index is 1480. The first-order valence-electron chi connectivity index (χ1n) is 13.1. The van der Waals surface area contributed by atoms with E-state index in [0.717, 1.165) is 55.0 Å². The second-order valence-electron chi connectivity index (χ2n) is 10.2. The monoisotopic (exact) mass is 516 g/mol. The van der Waals surface area contributed by atoms with Crippen LogP contribution in [-0.4, -0.2) is 44.8 Å². The molecule has 38 heavy (non-hydrogen) atoms. The molecule has 0 spiro atoms. The third-order valence-electron chi connectivity index (χ3n) is 7.83. The molecule has 2 aliphatic heterocycles. The average molecular weight is 517 g/mol. The first kappa shape index (κ1) is 24.4. The number of hydrogen-bond donors (Lipinski definition) is 1. The highest BCUT2D eigenvalue weighted by Gasteiger charge is 2.42. The topological polar surface area (TPSA) is 53.6 Å². The van der Waals surface area contributed by atoms with Gasteiger partial charge in [-0.05, 0) is 73.0 Å². The van der Waals surface area contributed by atoms with Crippen molar-refractivity contribution in [3.63, 3.8) is 0 Å². The predicted molar refractivity (Wildman–Crippen MR) is 143 cm³/mol. The Morgan fingerprint density at radius 1 is 0.921 bits per heavy atom. The summed E-state index contributed by atoms with van der Waals surface area (Å²) in [6, 6.07) is 21.2. The summed E-state index contributed by atoms with van der Waals surface area (Å²) in [6.07, 6.45) is 3.16. The molecule has 1 saturated heterocycles. The molecular formula is C30H30F2N4O2. The Morgan fingerprint density at radius 3 is 2.47 bits per heavy atom. The number of anilines is 2. The SMILES string of the molecule is O=c1n(CCCN2CC[C@@H]3[C@@H](C2)c2cc(F)ccc2N3c2ccc(F)cc2)cc(O)n1Cc1ccccc1. The average Bonchev–Trinajstić information content (AvgIpc) is 3.38. The van der Waals surface area contributed by atoms with Crippen molar-refractivity contribution >= 4 is 11.4 Å². The highest BCUT2D eigenvalue weighted by Crippen LogP contribution is 2.48. The van der Waals surface area contributed by atoms with Crippen LogP contribution in [0.25, 0.3) is 0 Å². The molecule has 3 heterocycles. The molecule has 0 unspecified atom stereocenters. The Hall–Kier alpha value is -3.91. The molecule has 1 fully saturated rings. The third kappa shape index (κ3) is 4.60. The van der Waals surface area contributed by atoms with E-state index >= 15 is 0 Å². The summed E-state index contributed by atoms with van der Waals surface area (Å²) in [4.78, 5) is 17.5. The summed E-state index contributed by atoms with van der Waals surface area (Å²) < 4.78 is 30.8. The lowest BCUT2D eigenvalue weighted by atomic mass is 9.89. The van der Waals surface area contributed by atoms with Crippen molar-refractivity contribution in [1.29, 1.82) is 0 Å². The minimum Gasteiger partial charge on any atom is -0.493 e. The van der Waals surface area contributed by atoms with Gasteiger partial charge in [-0.15, -0.1) is 0 Å². The molecule has 0 bridgehead atoms. The van der Waals surface area contributed by atoms with Crippen molar-refractivity contribution in [2.75, 3.05) is 24.5 Å². The molecule has 6 rings (SSSR count). The minimum absolute atomic E-state index is 0.0369. The van der Waals surface area contributed by atoms with Crippen LogP contribution in [0.2, 0.25) is 0 Å². The van der Waals surface area contributed by atoms with E-state index in [1.165, 1.54) is 29.0 Å². The van der Waals surface area contributed by atoms with Gasteiger partial charge in [-0.25, -0.2) is 13.6 Å². The van der Waals surface area contributed by atoms with E-state index in [1.54, 1.807) is 22.8 Å². The number of hydrogen-bond acceptors (Lipinski definition) is 4. The van der Waals surface area contributed by atoms with Gasteiger partial charge in [-0.3, -0.25) is 9.13 Å². The van der Waals surface area contributed by atoms with Crippen molar-refractivity contribution in [2.45, 2.75) is 37.9 Å². The van der Waals surface area contributed by atoms with Crippen molar-refractivity contribution in [2.24, 2.45) is 0 Å². The molecular weight excluding hydrogens is 486 g/mol. The number of nitrogens with zero attached hydrogens (tertiary/aromatic N) is 4. The fraction of sp³-hybridized carbons (Fsp3) is 0.300. The fourth-order valence-corrected chi connectivity index (χ4v) is 6.03. The van der Waals surface area contributed by atoms with Crippen LogP contribution in [0.3, 0.4) is 0 Å². The lowest BCUT2D eigenvalue weighted by Gasteiger charge is -2.39. The van der Waals surface area contributed by atoms with E-state index in [-0.39, 0.29) is 35.2 Å². The number of rotatable bonds is 7. The molecule has 3 aromatic carbocycles. The molecule has 2 aliphatic rings. The molecule has 0 saturated carbocycles. The highest BCUT2D eigenvalue weighted by molar-refractivity contribution is 5.73. The second-order valence-corrected chi connectivity index (χ2v) is 10.2. The lowest BCUT2D eigenvalue weighted by Crippen LogP contribution is -2.45. The summed E-state index contributed by atoms with van der Waals surface area (Å²) >= 11 is 0. The zero-order chi connectivity index (χ0) is 26.2. The van der Waals surface area contributed by atoms with E-state index < -0.39 is 0 Å². The zero-order valence-electron chi connectivity index (χ0n) is 21.0. The molecule has 1 aromatic heterocycles. The normalized spacial score (nSPS) is 18.9. The molecule has 0 amide bonds. The minimum atomic E-state index is -0.276. The lowest BCUT2D eigenvalue weighted by molar-refractivity contribution is 0.192. The maximum atomic E-state index is 14.3. The number of aromatic nitrogens is 2. The molecule has 1 N–H and O–H groups in total. The highest BCUT2D eigenvalue weighted by atomic mass is 19.1. The number of benzene rings is 3. The quantitative estimate of drug-likeness (QED) is 0.372.